The van der Waals surface area contributed by atoms with Crippen LogP contribution >= 0.6 is 11.3 Å². The van der Waals surface area contributed by atoms with E-state index in [1.54, 1.807) is 0 Å². The molecule has 0 aliphatic rings. The van der Waals surface area contributed by atoms with Crippen LogP contribution in [0.2, 0.25) is 0 Å². The van der Waals surface area contributed by atoms with Crippen LogP contribution in [0.4, 0.5) is 0 Å². The van der Waals surface area contributed by atoms with E-state index in [2.05, 4.69) is 118 Å². The van der Waals surface area contributed by atoms with Gasteiger partial charge in [0.1, 0.15) is 16.7 Å². The number of aromatic nitrogens is 4. The van der Waals surface area contributed by atoms with Gasteiger partial charge >= 0.3 is 0 Å². The monoisotopic (exact) mass is 516 g/mol. The van der Waals surface area contributed by atoms with Gasteiger partial charge in [-0.05, 0) is 48.5 Å². The predicted molar refractivity (Wildman–Crippen MR) is 164 cm³/mol. The third-order valence-corrected chi connectivity index (χ3v) is 8.97. The summed E-state index contributed by atoms with van der Waals surface area (Å²) in [5, 5.41) is 4.90. The summed E-state index contributed by atoms with van der Waals surface area (Å²) in [5.74, 6) is 0. The van der Waals surface area contributed by atoms with Crippen LogP contribution in [0.3, 0.4) is 0 Å². The fourth-order valence-electron chi connectivity index (χ4n) is 6.11. The SMILES string of the molecule is c1ccc(-n2c3ccccc3c3cc4c(nc32)c2ncccc2n4-c2cccc3c2sc2ccccc23)cc1. The molecule has 0 aliphatic carbocycles. The Morgan fingerprint density at radius 1 is 0.538 bits per heavy atom. The molecule has 0 N–H and O–H groups in total. The van der Waals surface area contributed by atoms with Crippen molar-refractivity contribution in [2.75, 3.05) is 0 Å². The van der Waals surface area contributed by atoms with Crippen molar-refractivity contribution in [3.8, 4) is 11.4 Å². The molecule has 9 aromatic rings. The highest BCUT2D eigenvalue weighted by Gasteiger charge is 2.21. The van der Waals surface area contributed by atoms with E-state index in [4.69, 9.17) is 9.97 Å². The largest absolute Gasteiger partial charge is 0.305 e. The molecule has 0 radical (unpaired) electrons. The molecule has 0 atom stereocenters. The lowest BCUT2D eigenvalue weighted by atomic mass is 10.1. The maximum Gasteiger partial charge on any atom is 0.146 e. The van der Waals surface area contributed by atoms with Gasteiger partial charge in [-0.2, -0.15) is 0 Å². The molecule has 4 nitrogen and oxygen atoms in total. The maximum atomic E-state index is 5.37. The molecule has 5 heteroatoms. The van der Waals surface area contributed by atoms with Crippen molar-refractivity contribution in [1.29, 1.82) is 0 Å². The number of fused-ring (bicyclic) bond motifs is 9. The first kappa shape index (κ1) is 21.0. The Balaban J connectivity index is 1.47. The highest BCUT2D eigenvalue weighted by atomic mass is 32.1. The molecule has 0 aliphatic heterocycles. The van der Waals surface area contributed by atoms with Gasteiger partial charge in [-0.1, -0.05) is 66.7 Å². The lowest BCUT2D eigenvalue weighted by molar-refractivity contribution is 1.14. The molecule has 0 spiro atoms. The zero-order chi connectivity index (χ0) is 25.5. The van der Waals surface area contributed by atoms with Gasteiger partial charge in [0.25, 0.3) is 0 Å². The second kappa shape index (κ2) is 7.76. The molecule has 0 amide bonds. The minimum Gasteiger partial charge on any atom is -0.305 e. The van der Waals surface area contributed by atoms with Gasteiger partial charge in [0.2, 0.25) is 0 Å². The summed E-state index contributed by atoms with van der Waals surface area (Å²) in [5.41, 5.74) is 8.31. The molecular weight excluding hydrogens is 496 g/mol. The quantitative estimate of drug-likeness (QED) is 0.230. The van der Waals surface area contributed by atoms with Crippen molar-refractivity contribution >= 4 is 75.5 Å². The Morgan fingerprint density at radius 2 is 1.31 bits per heavy atom. The van der Waals surface area contributed by atoms with E-state index < -0.39 is 0 Å². The Hall–Kier alpha value is -5.00. The number of benzene rings is 4. The average Bonchev–Trinajstić information content (AvgIpc) is 3.64. The first-order valence-electron chi connectivity index (χ1n) is 13.0. The minimum atomic E-state index is 0.913. The van der Waals surface area contributed by atoms with Crippen LogP contribution in [-0.2, 0) is 0 Å². The lowest BCUT2D eigenvalue weighted by Gasteiger charge is -2.09. The van der Waals surface area contributed by atoms with Crippen LogP contribution in [0, 0.1) is 0 Å². The number of thiophene rings is 1. The van der Waals surface area contributed by atoms with Crippen LogP contribution in [0.1, 0.15) is 0 Å². The van der Waals surface area contributed by atoms with Gasteiger partial charge in [-0.25, -0.2) is 4.98 Å². The van der Waals surface area contributed by atoms with Crippen LogP contribution in [0.5, 0.6) is 0 Å². The van der Waals surface area contributed by atoms with E-state index in [0.29, 0.717) is 0 Å². The Bertz CT molecular complexity index is 2390. The number of para-hydroxylation sites is 2. The summed E-state index contributed by atoms with van der Waals surface area (Å²) >= 11 is 1.85. The zero-order valence-corrected chi connectivity index (χ0v) is 21.6. The van der Waals surface area contributed by atoms with Crippen LogP contribution in [-0.4, -0.2) is 19.1 Å². The molecule has 9 rings (SSSR count). The highest BCUT2D eigenvalue weighted by molar-refractivity contribution is 7.26. The number of nitrogens with zero attached hydrogens (tertiary/aromatic N) is 4. The van der Waals surface area contributed by atoms with Crippen molar-refractivity contribution < 1.29 is 0 Å². The van der Waals surface area contributed by atoms with E-state index in [1.165, 1.54) is 25.6 Å². The fourth-order valence-corrected chi connectivity index (χ4v) is 7.32. The topological polar surface area (TPSA) is 35.6 Å². The molecule has 0 saturated carbocycles. The standard InChI is InChI=1S/C34H20N4S/c1-2-10-21(11-3-1)37-26-15-6-4-12-22(26)25-20-29-32(36-34(25)37)31-27(17-9-19-35-31)38(29)28-16-8-14-24-23-13-5-7-18-30(23)39-33(24)28/h1-20H. The summed E-state index contributed by atoms with van der Waals surface area (Å²) in [6.07, 6.45) is 1.87. The van der Waals surface area contributed by atoms with Gasteiger partial charge in [-0.15, -0.1) is 11.3 Å². The smallest absolute Gasteiger partial charge is 0.146 e. The number of hydrogen-bond donors (Lipinski definition) is 0. The van der Waals surface area contributed by atoms with Crippen LogP contribution < -0.4 is 0 Å². The predicted octanol–water partition coefficient (Wildman–Crippen LogP) is 9.04. The summed E-state index contributed by atoms with van der Waals surface area (Å²) in [6.45, 7) is 0. The molecule has 0 bridgehead atoms. The molecule has 39 heavy (non-hydrogen) atoms. The van der Waals surface area contributed by atoms with E-state index in [9.17, 15) is 0 Å². The van der Waals surface area contributed by atoms with E-state index in [0.717, 1.165) is 50.0 Å². The van der Waals surface area contributed by atoms with E-state index in [1.807, 2.05) is 23.6 Å². The normalized spacial score (nSPS) is 12.1. The fraction of sp³-hybridized carbons (Fsp3) is 0. The molecule has 5 heterocycles. The molecular formula is C34H20N4S. The van der Waals surface area contributed by atoms with Crippen molar-refractivity contribution in [2.45, 2.75) is 0 Å². The first-order chi connectivity index (χ1) is 19.4. The van der Waals surface area contributed by atoms with E-state index >= 15 is 0 Å². The van der Waals surface area contributed by atoms with Crippen molar-refractivity contribution in [3.63, 3.8) is 0 Å². The lowest BCUT2D eigenvalue weighted by Crippen LogP contribution is -1.96. The second-order valence-electron chi connectivity index (χ2n) is 9.87. The summed E-state index contributed by atoms with van der Waals surface area (Å²) < 4.78 is 7.19. The first-order valence-corrected chi connectivity index (χ1v) is 13.8. The average molecular weight is 517 g/mol. The van der Waals surface area contributed by atoms with Crippen LogP contribution in [0.15, 0.2) is 121 Å². The zero-order valence-electron chi connectivity index (χ0n) is 20.7. The maximum absolute atomic E-state index is 5.37. The third-order valence-electron chi connectivity index (χ3n) is 7.76. The summed E-state index contributed by atoms with van der Waals surface area (Å²) in [4.78, 5) is 10.2. The van der Waals surface area contributed by atoms with Gasteiger partial charge in [0.05, 0.1) is 26.9 Å². The van der Waals surface area contributed by atoms with Gasteiger partial charge in [-0.3, -0.25) is 9.55 Å². The minimum absolute atomic E-state index is 0.913. The Labute approximate surface area is 227 Å². The highest BCUT2D eigenvalue weighted by Crippen LogP contribution is 2.41. The molecule has 5 aromatic heterocycles. The van der Waals surface area contributed by atoms with Gasteiger partial charge < -0.3 is 4.57 Å². The van der Waals surface area contributed by atoms with E-state index in [-0.39, 0.29) is 0 Å². The third kappa shape index (κ3) is 2.82. The summed E-state index contributed by atoms with van der Waals surface area (Å²) in [6, 6.07) is 40.8. The van der Waals surface area contributed by atoms with Crippen molar-refractivity contribution in [1.82, 2.24) is 19.1 Å². The molecule has 0 saturated heterocycles. The van der Waals surface area contributed by atoms with Gasteiger partial charge in [0.15, 0.2) is 0 Å². The number of hydrogen-bond acceptors (Lipinski definition) is 3. The molecule has 4 aromatic carbocycles. The van der Waals surface area contributed by atoms with Crippen LogP contribution in [0.25, 0.3) is 75.6 Å². The van der Waals surface area contributed by atoms with Gasteiger partial charge in [0, 0.05) is 38.1 Å². The van der Waals surface area contributed by atoms with Crippen molar-refractivity contribution in [3.05, 3.63) is 121 Å². The molecule has 0 unspecified atom stereocenters. The van der Waals surface area contributed by atoms with Crippen molar-refractivity contribution in [2.24, 2.45) is 0 Å². The second-order valence-corrected chi connectivity index (χ2v) is 10.9. The molecule has 0 fully saturated rings. The summed E-state index contributed by atoms with van der Waals surface area (Å²) in [7, 11) is 0. The Morgan fingerprint density at radius 3 is 2.23 bits per heavy atom. The number of rotatable bonds is 2. The Kier molecular flexibility index (Phi) is 4.18. The molecule has 182 valence electrons. The number of pyridine rings is 2.